The molecule has 0 radical (unpaired) electrons. The van der Waals surface area contributed by atoms with E-state index in [-0.39, 0.29) is 18.2 Å². The van der Waals surface area contributed by atoms with Crippen LogP contribution in [0.5, 0.6) is 0 Å². The van der Waals surface area contributed by atoms with E-state index in [1.807, 2.05) is 36.1 Å². The predicted octanol–water partition coefficient (Wildman–Crippen LogP) is 2.89. The van der Waals surface area contributed by atoms with E-state index >= 15 is 0 Å². The van der Waals surface area contributed by atoms with E-state index in [2.05, 4.69) is 28.8 Å². The standard InChI is InChI=1S/C22H20N4O3S/c1-12-15(7-8-30-12)20-17(10-23-25(20)2)13-3-4-16-14(9-13)11-26(22(16)29)18-5-6-19(27)24-21(18)28/h3-4,7-10,18H,5-6,11H2,1-2H3,(H,24,27,28). The first-order valence-corrected chi connectivity index (χ1v) is 10.7. The van der Waals surface area contributed by atoms with Crippen LogP contribution in [0.1, 0.15) is 33.6 Å². The van der Waals surface area contributed by atoms with Crippen LogP contribution >= 0.6 is 11.3 Å². The molecule has 1 fully saturated rings. The van der Waals surface area contributed by atoms with Gasteiger partial charge >= 0.3 is 0 Å². The Bertz CT molecular complexity index is 1210. The summed E-state index contributed by atoms with van der Waals surface area (Å²) in [6.07, 6.45) is 2.46. The van der Waals surface area contributed by atoms with Gasteiger partial charge in [-0.15, -0.1) is 11.3 Å². The van der Waals surface area contributed by atoms with Gasteiger partial charge in [0.15, 0.2) is 0 Å². The molecule has 5 rings (SSSR count). The maximum absolute atomic E-state index is 12.9. The van der Waals surface area contributed by atoms with Crippen LogP contribution < -0.4 is 5.32 Å². The second kappa shape index (κ2) is 6.91. The number of nitrogens with one attached hydrogen (secondary N) is 1. The molecule has 0 saturated carbocycles. The zero-order valence-corrected chi connectivity index (χ0v) is 17.5. The van der Waals surface area contributed by atoms with Crippen molar-refractivity contribution >= 4 is 29.1 Å². The average Bonchev–Trinajstić information content (AvgIpc) is 3.39. The highest BCUT2D eigenvalue weighted by molar-refractivity contribution is 7.10. The van der Waals surface area contributed by atoms with Gasteiger partial charge in [0.25, 0.3) is 5.91 Å². The summed E-state index contributed by atoms with van der Waals surface area (Å²) < 4.78 is 1.87. The summed E-state index contributed by atoms with van der Waals surface area (Å²) in [7, 11) is 1.93. The van der Waals surface area contributed by atoms with E-state index in [1.165, 1.54) is 4.88 Å². The van der Waals surface area contributed by atoms with E-state index in [4.69, 9.17) is 0 Å². The van der Waals surface area contributed by atoms with E-state index < -0.39 is 11.9 Å². The van der Waals surface area contributed by atoms with Crippen molar-refractivity contribution in [2.75, 3.05) is 0 Å². The Hall–Kier alpha value is -3.26. The van der Waals surface area contributed by atoms with E-state index in [1.54, 1.807) is 16.2 Å². The third kappa shape index (κ3) is 2.87. The maximum atomic E-state index is 12.9. The fourth-order valence-electron chi connectivity index (χ4n) is 4.34. The highest BCUT2D eigenvalue weighted by Crippen LogP contribution is 2.37. The second-order valence-corrected chi connectivity index (χ2v) is 8.81. The van der Waals surface area contributed by atoms with Crippen molar-refractivity contribution < 1.29 is 14.4 Å². The predicted molar refractivity (Wildman–Crippen MR) is 113 cm³/mol. The Morgan fingerprint density at radius 3 is 2.70 bits per heavy atom. The first-order valence-electron chi connectivity index (χ1n) is 9.78. The normalized spacial score (nSPS) is 18.7. The maximum Gasteiger partial charge on any atom is 0.255 e. The number of aryl methyl sites for hydroxylation is 2. The van der Waals surface area contributed by atoms with Crippen molar-refractivity contribution in [3.63, 3.8) is 0 Å². The molecule has 3 aromatic rings. The lowest BCUT2D eigenvalue weighted by atomic mass is 9.98. The molecule has 0 aliphatic carbocycles. The quantitative estimate of drug-likeness (QED) is 0.661. The number of aromatic nitrogens is 2. The molecule has 8 heteroatoms. The molecular weight excluding hydrogens is 400 g/mol. The lowest BCUT2D eigenvalue weighted by molar-refractivity contribution is -0.136. The van der Waals surface area contributed by atoms with Crippen LogP contribution in [0.15, 0.2) is 35.8 Å². The smallest absolute Gasteiger partial charge is 0.255 e. The number of nitrogens with zero attached hydrogens (tertiary/aromatic N) is 3. The highest BCUT2D eigenvalue weighted by atomic mass is 32.1. The topological polar surface area (TPSA) is 84.3 Å². The fraction of sp³-hybridized carbons (Fsp3) is 0.273. The second-order valence-electron chi connectivity index (χ2n) is 7.69. The molecule has 0 bridgehead atoms. The Labute approximate surface area is 177 Å². The van der Waals surface area contributed by atoms with Gasteiger partial charge in [-0.25, -0.2) is 0 Å². The van der Waals surface area contributed by atoms with E-state index in [9.17, 15) is 14.4 Å². The number of fused-ring (bicyclic) bond motifs is 1. The molecule has 1 N–H and O–H groups in total. The molecule has 2 aliphatic heterocycles. The molecule has 2 aliphatic rings. The number of thiophene rings is 1. The van der Waals surface area contributed by atoms with Crippen molar-refractivity contribution in [2.24, 2.45) is 7.05 Å². The SMILES string of the molecule is Cc1sccc1-c1c(-c2ccc3c(c2)CN(C2CCC(=O)NC2=O)C3=O)cnn1C. The number of hydrogen-bond acceptors (Lipinski definition) is 5. The number of hydrogen-bond donors (Lipinski definition) is 1. The molecule has 2 aromatic heterocycles. The van der Waals surface area contributed by atoms with Gasteiger partial charge in [0.05, 0.1) is 11.9 Å². The van der Waals surface area contributed by atoms with Crippen LogP contribution in [0.4, 0.5) is 0 Å². The lowest BCUT2D eigenvalue weighted by Crippen LogP contribution is -2.52. The van der Waals surface area contributed by atoms with Crippen LogP contribution in [-0.2, 0) is 23.2 Å². The van der Waals surface area contributed by atoms with Crippen molar-refractivity contribution in [1.29, 1.82) is 0 Å². The van der Waals surface area contributed by atoms with E-state index in [0.717, 1.165) is 27.9 Å². The minimum atomic E-state index is -0.603. The minimum Gasteiger partial charge on any atom is -0.322 e. The summed E-state index contributed by atoms with van der Waals surface area (Å²) in [5.74, 6) is -0.836. The first kappa shape index (κ1) is 18.7. The molecular formula is C22H20N4O3S. The van der Waals surface area contributed by atoms with Crippen LogP contribution in [0, 0.1) is 6.92 Å². The minimum absolute atomic E-state index is 0.161. The lowest BCUT2D eigenvalue weighted by Gasteiger charge is -2.29. The van der Waals surface area contributed by atoms with Crippen molar-refractivity contribution in [3.05, 3.63) is 51.8 Å². The van der Waals surface area contributed by atoms with Gasteiger partial charge in [0.2, 0.25) is 11.8 Å². The van der Waals surface area contributed by atoms with Crippen molar-refractivity contribution in [1.82, 2.24) is 20.0 Å². The van der Waals surface area contributed by atoms with Gasteiger partial charge in [-0.05, 0) is 48.1 Å². The Morgan fingerprint density at radius 1 is 1.13 bits per heavy atom. The largest absolute Gasteiger partial charge is 0.322 e. The Morgan fingerprint density at radius 2 is 1.97 bits per heavy atom. The molecule has 1 unspecified atom stereocenters. The first-order chi connectivity index (χ1) is 14.4. The summed E-state index contributed by atoms with van der Waals surface area (Å²) in [4.78, 5) is 39.4. The zero-order valence-electron chi connectivity index (χ0n) is 16.6. The molecule has 30 heavy (non-hydrogen) atoms. The molecule has 152 valence electrons. The van der Waals surface area contributed by atoms with Gasteiger partial charge in [-0.1, -0.05) is 6.07 Å². The summed E-state index contributed by atoms with van der Waals surface area (Å²) in [5, 5.41) is 8.87. The molecule has 3 amide bonds. The third-order valence-electron chi connectivity index (χ3n) is 5.89. The molecule has 1 aromatic carbocycles. The number of carbonyl (C=O) groups excluding carboxylic acids is 3. The number of benzene rings is 1. The fourth-order valence-corrected chi connectivity index (χ4v) is 5.04. The average molecular weight is 420 g/mol. The van der Waals surface area contributed by atoms with Gasteiger partial charge in [-0.3, -0.25) is 24.4 Å². The van der Waals surface area contributed by atoms with E-state index in [0.29, 0.717) is 18.5 Å². The molecule has 0 spiro atoms. The van der Waals surface area contributed by atoms with Gasteiger partial charge in [0.1, 0.15) is 6.04 Å². The van der Waals surface area contributed by atoms with Crippen LogP contribution in [-0.4, -0.2) is 38.4 Å². The zero-order chi connectivity index (χ0) is 21.0. The molecule has 7 nitrogen and oxygen atoms in total. The third-order valence-corrected chi connectivity index (χ3v) is 6.73. The van der Waals surface area contributed by atoms with Gasteiger partial charge in [0, 0.05) is 41.6 Å². The number of amides is 3. The molecule has 4 heterocycles. The number of piperidine rings is 1. The van der Waals surface area contributed by atoms with Gasteiger partial charge < -0.3 is 4.90 Å². The van der Waals surface area contributed by atoms with Crippen LogP contribution in [0.25, 0.3) is 22.4 Å². The molecule has 1 atom stereocenters. The number of imide groups is 1. The number of carbonyl (C=O) groups is 3. The highest BCUT2D eigenvalue weighted by Gasteiger charge is 2.39. The van der Waals surface area contributed by atoms with Crippen molar-refractivity contribution in [2.45, 2.75) is 32.4 Å². The van der Waals surface area contributed by atoms with Crippen LogP contribution in [0.2, 0.25) is 0 Å². The van der Waals surface area contributed by atoms with Gasteiger partial charge in [-0.2, -0.15) is 5.10 Å². The summed E-state index contributed by atoms with van der Waals surface area (Å²) in [6, 6.07) is 7.28. The van der Waals surface area contributed by atoms with Crippen LogP contribution in [0.3, 0.4) is 0 Å². The summed E-state index contributed by atoms with van der Waals surface area (Å²) >= 11 is 1.70. The monoisotopic (exact) mass is 420 g/mol. The summed E-state index contributed by atoms with van der Waals surface area (Å²) in [6.45, 7) is 2.46. The Balaban J connectivity index is 1.50. The summed E-state index contributed by atoms with van der Waals surface area (Å²) in [5.41, 5.74) is 5.69. The number of rotatable bonds is 3. The Kier molecular flexibility index (Phi) is 4.32. The molecule has 1 saturated heterocycles. The van der Waals surface area contributed by atoms with Crippen molar-refractivity contribution in [3.8, 4) is 22.4 Å².